The maximum Gasteiger partial charge on any atom is 0.267 e. The molecule has 0 saturated carbocycles. The lowest BCUT2D eigenvalue weighted by atomic mass is 10.0. The second kappa shape index (κ2) is 6.56. The number of nitrogens with two attached hydrogens (primary N) is 1. The van der Waals surface area contributed by atoms with Gasteiger partial charge in [-0.3, -0.25) is 9.59 Å². The molecule has 0 aliphatic carbocycles. The predicted octanol–water partition coefficient (Wildman–Crippen LogP) is 1.38. The number of piperidine rings is 1. The lowest BCUT2D eigenvalue weighted by Gasteiger charge is -2.35. The SMILES string of the molecule is C[C@@H](Nc1cccc(C(N)=O)n1)C(=O)N1CCCC[C@@H]1C. The summed E-state index contributed by atoms with van der Waals surface area (Å²) in [7, 11) is 0. The van der Waals surface area contributed by atoms with Crippen molar-refractivity contribution in [2.24, 2.45) is 5.73 Å². The van der Waals surface area contributed by atoms with E-state index < -0.39 is 5.91 Å². The first kappa shape index (κ1) is 15.3. The number of nitrogens with zero attached hydrogens (tertiary/aromatic N) is 2. The molecule has 0 aromatic carbocycles. The number of aromatic nitrogens is 1. The summed E-state index contributed by atoms with van der Waals surface area (Å²) in [4.78, 5) is 29.6. The number of anilines is 1. The van der Waals surface area contributed by atoms with Crippen LogP contribution in [-0.2, 0) is 4.79 Å². The van der Waals surface area contributed by atoms with E-state index in [4.69, 9.17) is 5.73 Å². The number of carbonyl (C=O) groups excluding carboxylic acids is 2. The van der Waals surface area contributed by atoms with Crippen LogP contribution < -0.4 is 11.1 Å². The van der Waals surface area contributed by atoms with Crippen molar-refractivity contribution in [3.8, 4) is 0 Å². The molecule has 0 unspecified atom stereocenters. The van der Waals surface area contributed by atoms with E-state index in [2.05, 4.69) is 17.2 Å². The van der Waals surface area contributed by atoms with Crippen molar-refractivity contribution in [1.29, 1.82) is 0 Å². The highest BCUT2D eigenvalue weighted by atomic mass is 16.2. The van der Waals surface area contributed by atoms with Crippen LogP contribution in [0, 0.1) is 0 Å². The Balaban J connectivity index is 2.03. The molecule has 21 heavy (non-hydrogen) atoms. The number of hydrogen-bond acceptors (Lipinski definition) is 4. The summed E-state index contributed by atoms with van der Waals surface area (Å²) < 4.78 is 0. The molecule has 2 atom stereocenters. The van der Waals surface area contributed by atoms with Crippen molar-refractivity contribution < 1.29 is 9.59 Å². The van der Waals surface area contributed by atoms with Gasteiger partial charge in [0.2, 0.25) is 5.91 Å². The smallest absolute Gasteiger partial charge is 0.267 e. The fourth-order valence-electron chi connectivity index (χ4n) is 2.61. The lowest BCUT2D eigenvalue weighted by Crippen LogP contribution is -2.48. The molecule has 1 fully saturated rings. The quantitative estimate of drug-likeness (QED) is 0.877. The van der Waals surface area contributed by atoms with E-state index in [9.17, 15) is 9.59 Å². The largest absolute Gasteiger partial charge is 0.364 e. The highest BCUT2D eigenvalue weighted by molar-refractivity contribution is 5.91. The normalized spacial score (nSPS) is 19.9. The van der Waals surface area contributed by atoms with Gasteiger partial charge >= 0.3 is 0 Å². The Morgan fingerprint density at radius 1 is 1.43 bits per heavy atom. The highest BCUT2D eigenvalue weighted by Crippen LogP contribution is 2.18. The maximum atomic E-state index is 12.5. The lowest BCUT2D eigenvalue weighted by molar-refractivity contribution is -0.134. The number of carbonyl (C=O) groups is 2. The molecular weight excluding hydrogens is 268 g/mol. The Hall–Kier alpha value is -2.11. The third-order valence-electron chi connectivity index (χ3n) is 3.82. The van der Waals surface area contributed by atoms with Crippen molar-refractivity contribution in [3.63, 3.8) is 0 Å². The molecule has 6 heteroatoms. The molecule has 2 heterocycles. The molecule has 114 valence electrons. The van der Waals surface area contributed by atoms with Crippen LogP contribution in [0.1, 0.15) is 43.6 Å². The van der Waals surface area contributed by atoms with E-state index in [-0.39, 0.29) is 23.7 Å². The van der Waals surface area contributed by atoms with Gasteiger partial charge in [-0.25, -0.2) is 4.98 Å². The Bertz CT molecular complexity index is 532. The van der Waals surface area contributed by atoms with Crippen LogP contribution in [0.2, 0.25) is 0 Å². The average molecular weight is 290 g/mol. The van der Waals surface area contributed by atoms with Gasteiger partial charge in [-0.05, 0) is 45.2 Å². The van der Waals surface area contributed by atoms with Crippen LogP contribution in [0.5, 0.6) is 0 Å². The summed E-state index contributed by atoms with van der Waals surface area (Å²) in [5.74, 6) is -0.0347. The number of nitrogens with one attached hydrogen (secondary N) is 1. The number of likely N-dealkylation sites (tertiary alicyclic amines) is 1. The van der Waals surface area contributed by atoms with Crippen LogP contribution in [0.15, 0.2) is 18.2 Å². The molecule has 1 saturated heterocycles. The van der Waals surface area contributed by atoms with Gasteiger partial charge in [-0.15, -0.1) is 0 Å². The highest BCUT2D eigenvalue weighted by Gasteiger charge is 2.27. The number of hydrogen-bond donors (Lipinski definition) is 2. The summed E-state index contributed by atoms with van der Waals surface area (Å²) >= 11 is 0. The van der Waals surface area contributed by atoms with Crippen LogP contribution in [-0.4, -0.2) is 40.3 Å². The molecule has 0 radical (unpaired) electrons. The molecule has 0 spiro atoms. The zero-order valence-corrected chi connectivity index (χ0v) is 12.5. The van der Waals surface area contributed by atoms with E-state index in [1.165, 1.54) is 6.42 Å². The third kappa shape index (κ3) is 3.71. The molecule has 1 aromatic rings. The van der Waals surface area contributed by atoms with Gasteiger partial charge in [0.1, 0.15) is 17.6 Å². The fraction of sp³-hybridized carbons (Fsp3) is 0.533. The summed E-state index contributed by atoms with van der Waals surface area (Å²) in [5.41, 5.74) is 5.39. The molecule has 1 aliphatic rings. The van der Waals surface area contributed by atoms with Crippen molar-refractivity contribution in [2.45, 2.75) is 45.2 Å². The summed E-state index contributed by atoms with van der Waals surface area (Å²) in [6.07, 6.45) is 3.28. The fourth-order valence-corrected chi connectivity index (χ4v) is 2.61. The second-order valence-electron chi connectivity index (χ2n) is 5.51. The van der Waals surface area contributed by atoms with Crippen molar-refractivity contribution >= 4 is 17.6 Å². The first-order valence-corrected chi connectivity index (χ1v) is 7.33. The Morgan fingerprint density at radius 3 is 2.86 bits per heavy atom. The Labute approximate surface area is 124 Å². The van der Waals surface area contributed by atoms with E-state index >= 15 is 0 Å². The van der Waals surface area contributed by atoms with Gasteiger partial charge in [0, 0.05) is 12.6 Å². The topological polar surface area (TPSA) is 88.3 Å². The summed E-state index contributed by atoms with van der Waals surface area (Å²) in [5, 5.41) is 3.04. The molecular formula is C15H22N4O2. The van der Waals surface area contributed by atoms with Gasteiger partial charge in [0.25, 0.3) is 5.91 Å². The molecule has 0 bridgehead atoms. The number of amides is 2. The second-order valence-corrected chi connectivity index (χ2v) is 5.51. The zero-order valence-electron chi connectivity index (χ0n) is 12.5. The predicted molar refractivity (Wildman–Crippen MR) is 80.9 cm³/mol. The minimum Gasteiger partial charge on any atom is -0.364 e. The number of pyridine rings is 1. The minimum absolute atomic E-state index is 0.0634. The van der Waals surface area contributed by atoms with E-state index in [1.807, 2.05) is 11.8 Å². The van der Waals surface area contributed by atoms with Crippen LogP contribution in [0.25, 0.3) is 0 Å². The average Bonchev–Trinajstić information content (AvgIpc) is 2.47. The minimum atomic E-state index is -0.581. The van der Waals surface area contributed by atoms with Gasteiger partial charge in [-0.1, -0.05) is 6.07 Å². The first-order valence-electron chi connectivity index (χ1n) is 7.33. The van der Waals surface area contributed by atoms with E-state index in [1.54, 1.807) is 18.2 Å². The summed E-state index contributed by atoms with van der Waals surface area (Å²) in [6.45, 7) is 4.69. The third-order valence-corrected chi connectivity index (χ3v) is 3.82. The van der Waals surface area contributed by atoms with Crippen molar-refractivity contribution in [3.05, 3.63) is 23.9 Å². The number of rotatable bonds is 4. The van der Waals surface area contributed by atoms with Crippen molar-refractivity contribution in [2.75, 3.05) is 11.9 Å². The van der Waals surface area contributed by atoms with Crippen molar-refractivity contribution in [1.82, 2.24) is 9.88 Å². The zero-order chi connectivity index (χ0) is 15.4. The first-order chi connectivity index (χ1) is 9.99. The van der Waals surface area contributed by atoms with Gasteiger partial charge in [0.05, 0.1) is 0 Å². The van der Waals surface area contributed by atoms with Gasteiger partial charge in [0.15, 0.2) is 0 Å². The van der Waals surface area contributed by atoms with Crippen LogP contribution >= 0.6 is 0 Å². The molecule has 6 nitrogen and oxygen atoms in total. The Kier molecular flexibility index (Phi) is 4.77. The van der Waals surface area contributed by atoms with E-state index in [0.29, 0.717) is 5.82 Å². The standard InChI is InChI=1S/C15H22N4O2/c1-10-6-3-4-9-19(10)15(21)11(2)17-13-8-5-7-12(18-13)14(16)20/h5,7-8,10-11H,3-4,6,9H2,1-2H3,(H2,16,20)(H,17,18)/t10-,11+/m0/s1. The van der Waals surface area contributed by atoms with Crippen LogP contribution in [0.4, 0.5) is 5.82 Å². The molecule has 1 aliphatic heterocycles. The van der Waals surface area contributed by atoms with Gasteiger partial charge in [-0.2, -0.15) is 0 Å². The van der Waals surface area contributed by atoms with Gasteiger partial charge < -0.3 is 16.0 Å². The van der Waals surface area contributed by atoms with Crippen LogP contribution in [0.3, 0.4) is 0 Å². The molecule has 3 N–H and O–H groups in total. The monoisotopic (exact) mass is 290 g/mol. The Morgan fingerprint density at radius 2 is 2.19 bits per heavy atom. The maximum absolute atomic E-state index is 12.5. The molecule has 2 amide bonds. The summed E-state index contributed by atoms with van der Waals surface area (Å²) in [6, 6.07) is 4.85. The number of primary amides is 1. The molecule has 2 rings (SSSR count). The molecule has 1 aromatic heterocycles. The van der Waals surface area contributed by atoms with E-state index in [0.717, 1.165) is 19.4 Å².